The molecule has 2 N–H and O–H groups in total. The van der Waals surface area contributed by atoms with E-state index in [1.807, 2.05) is 0 Å². The molecule has 0 radical (unpaired) electrons. The van der Waals surface area contributed by atoms with Crippen LogP contribution in [0.25, 0.3) is 0 Å². The van der Waals surface area contributed by atoms with Crippen molar-refractivity contribution in [3.63, 3.8) is 0 Å². The van der Waals surface area contributed by atoms with Crippen LogP contribution in [0.2, 0.25) is 0 Å². The van der Waals surface area contributed by atoms with E-state index >= 15 is 0 Å². The van der Waals surface area contributed by atoms with Gasteiger partial charge in [0.1, 0.15) is 0 Å². The van der Waals surface area contributed by atoms with Crippen LogP contribution in [0.3, 0.4) is 0 Å². The average Bonchev–Trinajstić information content (AvgIpc) is 2.78. The Bertz CT molecular complexity index is 356. The molecule has 1 aromatic rings. The number of anilines is 1. The second-order valence-electron chi connectivity index (χ2n) is 5.74. The third-order valence-electron chi connectivity index (χ3n) is 3.84. The molecule has 0 aromatic heterocycles. The minimum absolute atomic E-state index is 0.247. The van der Waals surface area contributed by atoms with Crippen molar-refractivity contribution >= 4 is 5.69 Å². The highest BCUT2D eigenvalue weighted by molar-refractivity contribution is 5.48. The topological polar surface area (TPSA) is 29.3 Å². The Labute approximate surface area is 111 Å². The van der Waals surface area contributed by atoms with Gasteiger partial charge in [-0.25, -0.2) is 0 Å². The van der Waals surface area contributed by atoms with Crippen LogP contribution in [0, 0.1) is 5.92 Å². The van der Waals surface area contributed by atoms with Gasteiger partial charge in [-0.15, -0.1) is 0 Å². The molecule has 2 atom stereocenters. The first-order valence-electron chi connectivity index (χ1n) is 7.28. The smallest absolute Gasteiger partial charge is 0.0366 e. The molecule has 2 unspecified atom stereocenters. The van der Waals surface area contributed by atoms with E-state index in [1.54, 1.807) is 0 Å². The van der Waals surface area contributed by atoms with Gasteiger partial charge in [-0.1, -0.05) is 25.5 Å². The number of rotatable bonds is 5. The maximum Gasteiger partial charge on any atom is 0.0366 e. The van der Waals surface area contributed by atoms with E-state index in [4.69, 9.17) is 5.73 Å². The quantitative estimate of drug-likeness (QED) is 0.864. The summed E-state index contributed by atoms with van der Waals surface area (Å²) in [5.74, 6) is 0.902. The van der Waals surface area contributed by atoms with Crippen molar-refractivity contribution in [2.45, 2.75) is 45.6 Å². The van der Waals surface area contributed by atoms with Crippen molar-refractivity contribution < 1.29 is 0 Å². The van der Waals surface area contributed by atoms with E-state index in [0.29, 0.717) is 0 Å². The Morgan fingerprint density at radius 3 is 2.67 bits per heavy atom. The minimum atomic E-state index is 0.247. The van der Waals surface area contributed by atoms with Gasteiger partial charge < -0.3 is 10.6 Å². The molecule has 100 valence electrons. The lowest BCUT2D eigenvalue weighted by atomic mass is 10.0. The Morgan fingerprint density at radius 2 is 2.06 bits per heavy atom. The van der Waals surface area contributed by atoms with Gasteiger partial charge in [0.2, 0.25) is 0 Å². The van der Waals surface area contributed by atoms with Gasteiger partial charge in [0.05, 0.1) is 0 Å². The van der Waals surface area contributed by atoms with Gasteiger partial charge in [0.25, 0.3) is 0 Å². The number of nitrogens with zero attached hydrogens (tertiary/aromatic N) is 1. The standard InChI is InChI=1S/C16H26N2/c1-3-4-15-9-10-18(12-15)16-7-5-14(6-8-16)11-13(2)17/h5-8,13,15H,3-4,9-12,17H2,1-2H3. The molecule has 1 heterocycles. The molecule has 1 aliphatic heterocycles. The summed E-state index contributed by atoms with van der Waals surface area (Å²) in [6.45, 7) is 6.80. The Morgan fingerprint density at radius 1 is 1.33 bits per heavy atom. The highest BCUT2D eigenvalue weighted by atomic mass is 15.1. The van der Waals surface area contributed by atoms with Crippen molar-refractivity contribution in [1.82, 2.24) is 0 Å². The molecule has 0 saturated carbocycles. The third kappa shape index (κ3) is 3.49. The summed E-state index contributed by atoms with van der Waals surface area (Å²) in [5, 5.41) is 0. The van der Waals surface area contributed by atoms with Gasteiger partial charge in [-0.3, -0.25) is 0 Å². The summed E-state index contributed by atoms with van der Waals surface area (Å²) in [5.41, 5.74) is 8.55. The summed E-state index contributed by atoms with van der Waals surface area (Å²) in [4.78, 5) is 2.52. The first-order valence-corrected chi connectivity index (χ1v) is 7.28. The number of hydrogen-bond donors (Lipinski definition) is 1. The Kier molecular flexibility index (Phi) is 4.65. The van der Waals surface area contributed by atoms with E-state index < -0.39 is 0 Å². The number of nitrogens with two attached hydrogens (primary N) is 1. The van der Waals surface area contributed by atoms with Gasteiger partial charge in [-0.05, 0) is 49.8 Å². The van der Waals surface area contributed by atoms with Gasteiger partial charge in [-0.2, -0.15) is 0 Å². The molecule has 18 heavy (non-hydrogen) atoms. The van der Waals surface area contributed by atoms with Crippen LogP contribution in [0.1, 0.15) is 38.7 Å². The van der Waals surface area contributed by atoms with Crippen molar-refractivity contribution in [2.24, 2.45) is 11.7 Å². The fourth-order valence-electron chi connectivity index (χ4n) is 2.93. The molecule has 2 rings (SSSR count). The van der Waals surface area contributed by atoms with Crippen molar-refractivity contribution in [1.29, 1.82) is 0 Å². The van der Waals surface area contributed by atoms with Crippen LogP contribution >= 0.6 is 0 Å². The molecule has 0 aliphatic carbocycles. The molecule has 1 fully saturated rings. The summed E-state index contributed by atoms with van der Waals surface area (Å²) in [7, 11) is 0. The molecule has 2 nitrogen and oxygen atoms in total. The summed E-state index contributed by atoms with van der Waals surface area (Å²) in [6.07, 6.45) is 5.01. The largest absolute Gasteiger partial charge is 0.371 e. The molecule has 0 amide bonds. The van der Waals surface area contributed by atoms with Crippen LogP contribution in [0.15, 0.2) is 24.3 Å². The molecule has 1 aliphatic rings. The third-order valence-corrected chi connectivity index (χ3v) is 3.84. The Balaban J connectivity index is 1.94. The molecule has 2 heteroatoms. The zero-order valence-electron chi connectivity index (χ0n) is 11.7. The lowest BCUT2D eigenvalue weighted by Gasteiger charge is -2.19. The van der Waals surface area contributed by atoms with E-state index in [9.17, 15) is 0 Å². The first kappa shape index (κ1) is 13.4. The van der Waals surface area contributed by atoms with E-state index in [-0.39, 0.29) is 6.04 Å². The van der Waals surface area contributed by atoms with Crippen molar-refractivity contribution in [3.8, 4) is 0 Å². The van der Waals surface area contributed by atoms with E-state index in [0.717, 1.165) is 12.3 Å². The van der Waals surface area contributed by atoms with Gasteiger partial charge in [0, 0.05) is 24.8 Å². The summed E-state index contributed by atoms with van der Waals surface area (Å²) >= 11 is 0. The van der Waals surface area contributed by atoms with Crippen LogP contribution < -0.4 is 10.6 Å². The SMILES string of the molecule is CCCC1CCN(c2ccc(CC(C)N)cc2)C1. The molecule has 0 bridgehead atoms. The minimum Gasteiger partial charge on any atom is -0.371 e. The first-order chi connectivity index (χ1) is 8.69. The zero-order chi connectivity index (χ0) is 13.0. The normalized spacial score (nSPS) is 21.3. The molecular formula is C16H26N2. The summed E-state index contributed by atoms with van der Waals surface area (Å²) in [6, 6.07) is 9.21. The molecule has 0 spiro atoms. The highest BCUT2D eigenvalue weighted by Crippen LogP contribution is 2.26. The molecular weight excluding hydrogens is 220 g/mol. The second-order valence-corrected chi connectivity index (χ2v) is 5.74. The van der Waals surface area contributed by atoms with Crippen LogP contribution in [-0.2, 0) is 6.42 Å². The van der Waals surface area contributed by atoms with E-state index in [2.05, 4.69) is 43.0 Å². The predicted molar refractivity (Wildman–Crippen MR) is 79.0 cm³/mol. The van der Waals surface area contributed by atoms with Gasteiger partial charge >= 0.3 is 0 Å². The maximum atomic E-state index is 5.83. The monoisotopic (exact) mass is 246 g/mol. The highest BCUT2D eigenvalue weighted by Gasteiger charge is 2.21. The van der Waals surface area contributed by atoms with Crippen LogP contribution in [0.4, 0.5) is 5.69 Å². The number of hydrogen-bond acceptors (Lipinski definition) is 2. The zero-order valence-corrected chi connectivity index (χ0v) is 11.7. The van der Waals surface area contributed by atoms with Crippen LogP contribution in [0.5, 0.6) is 0 Å². The number of benzene rings is 1. The lowest BCUT2D eigenvalue weighted by molar-refractivity contribution is 0.530. The maximum absolute atomic E-state index is 5.83. The average molecular weight is 246 g/mol. The predicted octanol–water partition coefficient (Wildman–Crippen LogP) is 3.20. The fourth-order valence-corrected chi connectivity index (χ4v) is 2.93. The molecule has 1 saturated heterocycles. The summed E-state index contributed by atoms with van der Waals surface area (Å²) < 4.78 is 0. The van der Waals surface area contributed by atoms with Crippen LogP contribution in [-0.4, -0.2) is 19.1 Å². The van der Waals surface area contributed by atoms with Crippen molar-refractivity contribution in [3.05, 3.63) is 29.8 Å². The van der Waals surface area contributed by atoms with Gasteiger partial charge in [0.15, 0.2) is 0 Å². The Hall–Kier alpha value is -1.02. The van der Waals surface area contributed by atoms with Crippen molar-refractivity contribution in [2.75, 3.05) is 18.0 Å². The molecule has 1 aromatic carbocycles. The second kappa shape index (κ2) is 6.24. The lowest BCUT2D eigenvalue weighted by Crippen LogP contribution is -2.20. The fraction of sp³-hybridized carbons (Fsp3) is 0.625. The van der Waals surface area contributed by atoms with E-state index in [1.165, 1.54) is 43.6 Å².